The molecule has 0 bridgehead atoms. The molecule has 7 heteroatoms. The average Bonchev–Trinajstić information content (AvgIpc) is 2.79. The monoisotopic (exact) mass is 225 g/mol. The van der Waals surface area contributed by atoms with E-state index in [-0.39, 0.29) is 6.42 Å². The summed E-state index contributed by atoms with van der Waals surface area (Å²) in [6, 6.07) is 0. The van der Waals surface area contributed by atoms with E-state index in [4.69, 9.17) is 5.11 Å². The molecule has 15 heavy (non-hydrogen) atoms. The molecule has 0 saturated heterocycles. The van der Waals surface area contributed by atoms with Crippen LogP contribution in [0.5, 0.6) is 0 Å². The highest BCUT2D eigenvalue weighted by atomic mass is 19.4. The average molecular weight is 225 g/mol. The number of aliphatic carboxylic acids is 1. The van der Waals surface area contributed by atoms with Gasteiger partial charge in [0, 0.05) is 6.54 Å². The molecule has 1 amide bonds. The predicted octanol–water partition coefficient (Wildman–Crippen LogP) is 0.776. The normalized spacial score (nSPS) is 24.7. The van der Waals surface area contributed by atoms with Gasteiger partial charge in [-0.05, 0) is 6.42 Å². The van der Waals surface area contributed by atoms with E-state index < -0.39 is 42.9 Å². The van der Waals surface area contributed by atoms with Crippen molar-refractivity contribution in [3.8, 4) is 0 Å². The van der Waals surface area contributed by atoms with Gasteiger partial charge in [-0.15, -0.1) is 0 Å². The van der Waals surface area contributed by atoms with Crippen LogP contribution in [0.2, 0.25) is 0 Å². The van der Waals surface area contributed by atoms with Gasteiger partial charge in [-0.1, -0.05) is 0 Å². The molecule has 0 spiro atoms. The summed E-state index contributed by atoms with van der Waals surface area (Å²) in [4.78, 5) is 21.4. The molecule has 0 aliphatic heterocycles. The zero-order valence-corrected chi connectivity index (χ0v) is 7.67. The van der Waals surface area contributed by atoms with Crippen molar-refractivity contribution in [3.05, 3.63) is 0 Å². The summed E-state index contributed by atoms with van der Waals surface area (Å²) in [6.07, 6.45) is -5.18. The lowest BCUT2D eigenvalue weighted by Gasteiger charge is -2.07. The first-order chi connectivity index (χ1) is 6.81. The summed E-state index contributed by atoms with van der Waals surface area (Å²) in [5, 5.41) is 10.5. The van der Waals surface area contributed by atoms with Crippen molar-refractivity contribution in [1.29, 1.82) is 0 Å². The van der Waals surface area contributed by atoms with Gasteiger partial charge < -0.3 is 10.4 Å². The Morgan fingerprint density at radius 1 is 1.33 bits per heavy atom. The minimum absolute atomic E-state index is 0.215. The van der Waals surface area contributed by atoms with Crippen molar-refractivity contribution < 1.29 is 27.9 Å². The smallest absolute Gasteiger partial charge is 0.390 e. The fraction of sp³-hybridized carbons (Fsp3) is 0.750. The Morgan fingerprint density at radius 2 is 1.93 bits per heavy atom. The zero-order valence-electron chi connectivity index (χ0n) is 7.67. The topological polar surface area (TPSA) is 66.4 Å². The van der Waals surface area contributed by atoms with E-state index >= 15 is 0 Å². The van der Waals surface area contributed by atoms with Gasteiger partial charge in [0.1, 0.15) is 0 Å². The highest BCUT2D eigenvalue weighted by molar-refractivity contribution is 5.89. The third kappa shape index (κ3) is 3.77. The molecular weight excluding hydrogens is 215 g/mol. The molecular formula is C8H10F3NO3. The molecule has 86 valence electrons. The lowest BCUT2D eigenvalue weighted by Crippen LogP contribution is -2.30. The molecule has 1 fully saturated rings. The van der Waals surface area contributed by atoms with E-state index in [0.29, 0.717) is 0 Å². The van der Waals surface area contributed by atoms with Gasteiger partial charge in [-0.2, -0.15) is 13.2 Å². The number of carboxylic acid groups (broad SMARTS) is 1. The molecule has 2 unspecified atom stereocenters. The first-order valence-corrected chi connectivity index (χ1v) is 4.38. The molecule has 0 aromatic carbocycles. The lowest BCUT2D eigenvalue weighted by atomic mass is 10.3. The van der Waals surface area contributed by atoms with Crippen molar-refractivity contribution in [2.24, 2.45) is 11.8 Å². The number of alkyl halides is 3. The van der Waals surface area contributed by atoms with Crippen LogP contribution in [0.25, 0.3) is 0 Å². The summed E-state index contributed by atoms with van der Waals surface area (Å²) in [6.45, 7) is -0.495. The zero-order chi connectivity index (χ0) is 11.6. The van der Waals surface area contributed by atoms with E-state index in [0.717, 1.165) is 0 Å². The third-order valence-electron chi connectivity index (χ3n) is 2.15. The summed E-state index contributed by atoms with van der Waals surface area (Å²) in [5.41, 5.74) is 0. The van der Waals surface area contributed by atoms with Crippen molar-refractivity contribution in [2.45, 2.75) is 19.0 Å². The second-order valence-corrected chi connectivity index (χ2v) is 3.44. The van der Waals surface area contributed by atoms with Crippen LogP contribution >= 0.6 is 0 Å². The molecule has 0 heterocycles. The quantitative estimate of drug-likeness (QED) is 0.742. The molecule has 1 aliphatic rings. The number of amides is 1. The Morgan fingerprint density at radius 3 is 2.33 bits per heavy atom. The molecule has 0 aromatic rings. The van der Waals surface area contributed by atoms with Crippen LogP contribution in [0, 0.1) is 11.8 Å². The first-order valence-electron chi connectivity index (χ1n) is 4.38. The largest absolute Gasteiger partial charge is 0.481 e. The Labute approximate surface area is 83.5 Å². The molecule has 2 N–H and O–H groups in total. The standard InChI is InChI=1S/C8H10F3NO3/c9-8(10,11)1-2-12-6(13)4-3-5(4)7(14)15/h4-5H,1-3H2,(H,12,13)(H,14,15). The van der Waals surface area contributed by atoms with Crippen molar-refractivity contribution >= 4 is 11.9 Å². The number of carbonyl (C=O) groups excluding carboxylic acids is 1. The minimum Gasteiger partial charge on any atom is -0.481 e. The number of hydrogen-bond donors (Lipinski definition) is 2. The number of carbonyl (C=O) groups is 2. The van der Waals surface area contributed by atoms with Gasteiger partial charge in [-0.25, -0.2) is 0 Å². The molecule has 0 radical (unpaired) electrons. The summed E-state index contributed by atoms with van der Waals surface area (Å²) in [5.74, 6) is -3.07. The van der Waals surface area contributed by atoms with Crippen LogP contribution in [-0.4, -0.2) is 29.7 Å². The number of nitrogens with one attached hydrogen (secondary N) is 1. The molecule has 1 saturated carbocycles. The fourth-order valence-corrected chi connectivity index (χ4v) is 1.22. The van der Waals surface area contributed by atoms with Crippen LogP contribution in [-0.2, 0) is 9.59 Å². The van der Waals surface area contributed by atoms with E-state index in [1.165, 1.54) is 0 Å². The lowest BCUT2D eigenvalue weighted by molar-refractivity contribution is -0.141. The van der Waals surface area contributed by atoms with Crippen LogP contribution in [0.4, 0.5) is 13.2 Å². The summed E-state index contributed by atoms with van der Waals surface area (Å²) >= 11 is 0. The van der Waals surface area contributed by atoms with E-state index in [1.54, 1.807) is 0 Å². The van der Waals surface area contributed by atoms with Crippen molar-refractivity contribution in [1.82, 2.24) is 5.32 Å². The molecule has 1 rings (SSSR count). The Kier molecular flexibility index (Phi) is 3.21. The number of carboxylic acids is 1. The van der Waals surface area contributed by atoms with Crippen LogP contribution in [0.1, 0.15) is 12.8 Å². The first kappa shape index (κ1) is 11.8. The van der Waals surface area contributed by atoms with Crippen LogP contribution < -0.4 is 5.32 Å². The second-order valence-electron chi connectivity index (χ2n) is 3.44. The highest BCUT2D eigenvalue weighted by Gasteiger charge is 2.48. The molecule has 2 atom stereocenters. The fourth-order valence-electron chi connectivity index (χ4n) is 1.22. The number of hydrogen-bond acceptors (Lipinski definition) is 2. The maximum absolute atomic E-state index is 11.7. The Balaban J connectivity index is 2.19. The van der Waals surface area contributed by atoms with Gasteiger partial charge in [0.25, 0.3) is 0 Å². The predicted molar refractivity (Wildman–Crippen MR) is 42.9 cm³/mol. The Hall–Kier alpha value is -1.27. The molecule has 1 aliphatic carbocycles. The van der Waals surface area contributed by atoms with Gasteiger partial charge in [0.15, 0.2) is 0 Å². The molecule has 0 aromatic heterocycles. The summed E-state index contributed by atoms with van der Waals surface area (Å²) in [7, 11) is 0. The van der Waals surface area contributed by atoms with Crippen molar-refractivity contribution in [2.75, 3.05) is 6.54 Å². The third-order valence-corrected chi connectivity index (χ3v) is 2.15. The van der Waals surface area contributed by atoms with Gasteiger partial charge >= 0.3 is 12.1 Å². The van der Waals surface area contributed by atoms with Gasteiger partial charge in [-0.3, -0.25) is 9.59 Å². The van der Waals surface area contributed by atoms with Crippen LogP contribution in [0.15, 0.2) is 0 Å². The maximum atomic E-state index is 11.7. The van der Waals surface area contributed by atoms with Gasteiger partial charge in [0.2, 0.25) is 5.91 Å². The molecule has 4 nitrogen and oxygen atoms in total. The number of halogens is 3. The SMILES string of the molecule is O=C(O)C1CC1C(=O)NCCC(F)(F)F. The maximum Gasteiger partial charge on any atom is 0.390 e. The van der Waals surface area contributed by atoms with Crippen LogP contribution in [0.3, 0.4) is 0 Å². The number of rotatable bonds is 4. The Bertz CT molecular complexity index is 277. The van der Waals surface area contributed by atoms with Crippen molar-refractivity contribution in [3.63, 3.8) is 0 Å². The van der Waals surface area contributed by atoms with E-state index in [1.807, 2.05) is 0 Å². The second kappa shape index (κ2) is 4.08. The summed E-state index contributed by atoms with van der Waals surface area (Å²) < 4.78 is 35.0. The van der Waals surface area contributed by atoms with E-state index in [2.05, 4.69) is 5.32 Å². The minimum atomic E-state index is -4.30. The van der Waals surface area contributed by atoms with E-state index in [9.17, 15) is 22.8 Å². The van der Waals surface area contributed by atoms with Gasteiger partial charge in [0.05, 0.1) is 18.3 Å². The highest BCUT2D eigenvalue weighted by Crippen LogP contribution is 2.38.